The van der Waals surface area contributed by atoms with Crippen LogP contribution in [0.5, 0.6) is 5.75 Å². The lowest BCUT2D eigenvalue weighted by molar-refractivity contribution is -0.126. The van der Waals surface area contributed by atoms with Crippen LogP contribution >= 0.6 is 0 Å². The number of anilines is 1. The average molecular weight is 400 g/mol. The van der Waals surface area contributed by atoms with E-state index in [9.17, 15) is 4.79 Å². The third-order valence-electron chi connectivity index (χ3n) is 7.42. The second-order valence-electron chi connectivity index (χ2n) is 9.04. The van der Waals surface area contributed by atoms with Crippen LogP contribution in [0.4, 0.5) is 5.69 Å². The number of fused-ring (bicyclic) bond motifs is 1. The Labute approximate surface area is 175 Å². The number of nitrogens with zero attached hydrogens (tertiary/aromatic N) is 2. The van der Waals surface area contributed by atoms with Gasteiger partial charge in [0.05, 0.1) is 12.8 Å². The van der Waals surface area contributed by atoms with Crippen LogP contribution in [0.2, 0.25) is 0 Å². The first-order valence-electron chi connectivity index (χ1n) is 11.6. The monoisotopic (exact) mass is 399 g/mol. The van der Waals surface area contributed by atoms with E-state index in [2.05, 4.69) is 27.2 Å². The van der Waals surface area contributed by atoms with Gasteiger partial charge in [0.1, 0.15) is 5.75 Å². The third kappa shape index (κ3) is 4.88. The Hall–Kier alpha value is -1.75. The number of carbonyl (C=O) groups is 1. The summed E-state index contributed by atoms with van der Waals surface area (Å²) in [5, 5.41) is 3.24. The topological polar surface area (TPSA) is 44.8 Å². The molecule has 3 unspecified atom stereocenters. The highest BCUT2D eigenvalue weighted by Crippen LogP contribution is 2.47. The van der Waals surface area contributed by atoms with Crippen molar-refractivity contribution in [2.45, 2.75) is 44.9 Å². The summed E-state index contributed by atoms with van der Waals surface area (Å²) in [6.07, 6.45) is 8.62. The second kappa shape index (κ2) is 9.84. The number of nitrogens with one attached hydrogen (secondary N) is 1. The summed E-state index contributed by atoms with van der Waals surface area (Å²) in [7, 11) is 1.74. The molecule has 2 saturated carbocycles. The lowest BCUT2D eigenvalue weighted by Crippen LogP contribution is -2.46. The second-order valence-corrected chi connectivity index (χ2v) is 9.04. The zero-order chi connectivity index (χ0) is 20.1. The fraction of sp³-hybridized carbons (Fsp3) is 0.708. The highest BCUT2D eigenvalue weighted by atomic mass is 16.5. The van der Waals surface area contributed by atoms with Gasteiger partial charge >= 0.3 is 0 Å². The molecule has 0 radical (unpaired) electrons. The molecule has 1 amide bonds. The SMILES string of the molecule is COc1ccccc1N1CCN(CCCCNC(=O)C2CCC3CCCC32)CC1. The number of para-hydroxylation sites is 2. The van der Waals surface area contributed by atoms with Crippen molar-refractivity contribution in [1.82, 2.24) is 10.2 Å². The van der Waals surface area contributed by atoms with E-state index in [0.29, 0.717) is 17.7 Å². The maximum Gasteiger partial charge on any atom is 0.223 e. The molecule has 0 spiro atoms. The minimum Gasteiger partial charge on any atom is -0.495 e. The Morgan fingerprint density at radius 1 is 1.07 bits per heavy atom. The number of hydrogen-bond donors (Lipinski definition) is 1. The number of carbonyl (C=O) groups excluding carboxylic acids is 1. The predicted octanol–water partition coefficient (Wildman–Crippen LogP) is 3.54. The first-order chi connectivity index (χ1) is 14.3. The number of piperazine rings is 1. The van der Waals surface area contributed by atoms with Gasteiger partial charge in [0.15, 0.2) is 0 Å². The van der Waals surface area contributed by atoms with Gasteiger partial charge in [-0.3, -0.25) is 9.69 Å². The minimum atomic E-state index is 0.311. The fourth-order valence-electron chi connectivity index (χ4n) is 5.79. The van der Waals surface area contributed by atoms with Crippen LogP contribution in [-0.2, 0) is 4.79 Å². The molecule has 0 aromatic heterocycles. The zero-order valence-corrected chi connectivity index (χ0v) is 17.9. The normalized spacial score (nSPS) is 27.1. The fourth-order valence-corrected chi connectivity index (χ4v) is 5.79. The van der Waals surface area contributed by atoms with Crippen LogP contribution < -0.4 is 15.0 Å². The molecule has 1 aliphatic heterocycles. The number of rotatable bonds is 8. The van der Waals surface area contributed by atoms with Gasteiger partial charge in [0, 0.05) is 38.6 Å². The lowest BCUT2D eigenvalue weighted by Gasteiger charge is -2.36. The average Bonchev–Trinajstić information content (AvgIpc) is 3.38. The highest BCUT2D eigenvalue weighted by molar-refractivity contribution is 5.79. The van der Waals surface area contributed by atoms with E-state index in [4.69, 9.17) is 4.74 Å². The van der Waals surface area contributed by atoms with Crippen molar-refractivity contribution in [3.63, 3.8) is 0 Å². The Bertz CT molecular complexity index is 672. The Morgan fingerprint density at radius 3 is 2.72 bits per heavy atom. The molecule has 29 heavy (non-hydrogen) atoms. The third-order valence-corrected chi connectivity index (χ3v) is 7.42. The molecule has 5 nitrogen and oxygen atoms in total. The minimum absolute atomic E-state index is 0.311. The number of ether oxygens (including phenoxy) is 1. The molecule has 5 heteroatoms. The predicted molar refractivity (Wildman–Crippen MR) is 117 cm³/mol. The number of hydrogen-bond acceptors (Lipinski definition) is 4. The number of methoxy groups -OCH3 is 1. The summed E-state index contributed by atoms with van der Waals surface area (Å²) in [6.45, 7) is 6.24. The molecule has 1 N–H and O–H groups in total. The van der Waals surface area contributed by atoms with Crippen LogP contribution in [-0.4, -0.2) is 57.2 Å². The Balaban J connectivity index is 1.11. The van der Waals surface area contributed by atoms with Gasteiger partial charge in [-0.05, 0) is 62.6 Å². The van der Waals surface area contributed by atoms with Gasteiger partial charge in [0.25, 0.3) is 0 Å². The maximum atomic E-state index is 12.5. The van der Waals surface area contributed by atoms with E-state index in [1.54, 1.807) is 7.11 Å². The van der Waals surface area contributed by atoms with Crippen molar-refractivity contribution >= 4 is 11.6 Å². The summed E-state index contributed by atoms with van der Waals surface area (Å²) < 4.78 is 5.51. The largest absolute Gasteiger partial charge is 0.495 e. The smallest absolute Gasteiger partial charge is 0.223 e. The quantitative estimate of drug-likeness (QED) is 0.679. The van der Waals surface area contributed by atoms with Gasteiger partial charge in [-0.2, -0.15) is 0 Å². The summed E-state index contributed by atoms with van der Waals surface area (Å²) in [4.78, 5) is 17.5. The number of amides is 1. The van der Waals surface area contributed by atoms with Gasteiger partial charge < -0.3 is 15.0 Å². The molecule has 1 aromatic carbocycles. The Kier molecular flexibility index (Phi) is 6.96. The van der Waals surface area contributed by atoms with Gasteiger partial charge in [0.2, 0.25) is 5.91 Å². The zero-order valence-electron chi connectivity index (χ0n) is 17.9. The summed E-state index contributed by atoms with van der Waals surface area (Å²) in [6, 6.07) is 8.29. The summed E-state index contributed by atoms with van der Waals surface area (Å²) in [5.41, 5.74) is 1.20. The first kappa shape index (κ1) is 20.5. The van der Waals surface area contributed by atoms with Crippen molar-refractivity contribution in [3.8, 4) is 5.75 Å². The van der Waals surface area contributed by atoms with E-state index in [0.717, 1.165) is 70.2 Å². The summed E-state index contributed by atoms with van der Waals surface area (Å²) >= 11 is 0. The van der Waals surface area contributed by atoms with Crippen molar-refractivity contribution in [2.75, 3.05) is 51.3 Å². The van der Waals surface area contributed by atoms with Crippen LogP contribution in [0.1, 0.15) is 44.9 Å². The van der Waals surface area contributed by atoms with Crippen LogP contribution in [0.15, 0.2) is 24.3 Å². The molecule has 1 saturated heterocycles. The van der Waals surface area contributed by atoms with Crippen LogP contribution in [0, 0.1) is 17.8 Å². The number of benzene rings is 1. The van der Waals surface area contributed by atoms with Crippen LogP contribution in [0.3, 0.4) is 0 Å². The molecule has 4 rings (SSSR count). The maximum absolute atomic E-state index is 12.5. The van der Waals surface area contributed by atoms with Gasteiger partial charge in [-0.25, -0.2) is 0 Å². The molecule has 2 aliphatic carbocycles. The van der Waals surface area contributed by atoms with Crippen molar-refractivity contribution < 1.29 is 9.53 Å². The molecular formula is C24H37N3O2. The summed E-state index contributed by atoms with van der Waals surface area (Å²) in [5.74, 6) is 3.15. The van der Waals surface area contributed by atoms with E-state index in [1.807, 2.05) is 12.1 Å². The van der Waals surface area contributed by atoms with Gasteiger partial charge in [-0.15, -0.1) is 0 Å². The molecular weight excluding hydrogens is 362 g/mol. The molecule has 160 valence electrons. The lowest BCUT2D eigenvalue weighted by atomic mass is 9.91. The molecule has 0 bridgehead atoms. The van der Waals surface area contributed by atoms with E-state index >= 15 is 0 Å². The standard InChI is InChI=1S/C24H37N3O2/c1-29-23-10-3-2-9-22(23)27-17-15-26(16-18-27)14-5-4-13-25-24(28)21-12-11-19-7-6-8-20(19)21/h2-3,9-10,19-21H,4-8,11-18H2,1H3,(H,25,28). The van der Waals surface area contributed by atoms with E-state index < -0.39 is 0 Å². The van der Waals surface area contributed by atoms with Crippen molar-refractivity contribution in [1.29, 1.82) is 0 Å². The van der Waals surface area contributed by atoms with E-state index in [1.165, 1.54) is 31.4 Å². The molecule has 3 aliphatic rings. The Morgan fingerprint density at radius 2 is 1.90 bits per heavy atom. The van der Waals surface area contributed by atoms with Crippen molar-refractivity contribution in [3.05, 3.63) is 24.3 Å². The van der Waals surface area contributed by atoms with Crippen molar-refractivity contribution in [2.24, 2.45) is 17.8 Å². The van der Waals surface area contributed by atoms with Crippen LogP contribution in [0.25, 0.3) is 0 Å². The number of unbranched alkanes of at least 4 members (excludes halogenated alkanes) is 1. The molecule has 1 heterocycles. The molecule has 3 fully saturated rings. The molecule has 1 aromatic rings. The highest BCUT2D eigenvalue weighted by Gasteiger charge is 2.42. The first-order valence-corrected chi connectivity index (χ1v) is 11.6. The molecule has 3 atom stereocenters. The van der Waals surface area contributed by atoms with E-state index in [-0.39, 0.29) is 0 Å². The van der Waals surface area contributed by atoms with Gasteiger partial charge in [-0.1, -0.05) is 25.0 Å².